The number of hydrogen-bond donors (Lipinski definition) is 1. The van der Waals surface area contributed by atoms with Gasteiger partial charge >= 0.3 is 0 Å². The van der Waals surface area contributed by atoms with Gasteiger partial charge in [0.05, 0.1) is 21.8 Å². The van der Waals surface area contributed by atoms with Crippen molar-refractivity contribution in [3.63, 3.8) is 0 Å². The Labute approximate surface area is 222 Å². The molecule has 0 saturated carbocycles. The number of halogens is 1. The van der Waals surface area contributed by atoms with Gasteiger partial charge in [-0.05, 0) is 52.6 Å². The van der Waals surface area contributed by atoms with Crippen LogP contribution in [0.15, 0.2) is 103 Å². The fourth-order valence-electron chi connectivity index (χ4n) is 6.45. The first-order valence-electron chi connectivity index (χ1n) is 12.2. The summed E-state index contributed by atoms with van der Waals surface area (Å²) in [5, 5.41) is 2.88. The minimum absolute atomic E-state index is 0.195. The molecule has 4 aromatic rings. The van der Waals surface area contributed by atoms with E-state index >= 15 is 0 Å². The minimum Gasteiger partial charge on any atom is -0.322 e. The SMILES string of the molecule is O=C(Nc1cccc(N2C(=O)[C@@H]3C4c5ccccc5C(Br)(c5ccccc54)[C@H]3C2=O)c1)c1ccccc1. The standard InChI is InChI=1S/C31H21BrN2O3/c32-31-23-15-6-4-13-21(23)25(22-14-5-7-16-24(22)31)26-27(31)30(37)34(29(26)36)20-12-8-11-19(17-20)33-28(35)18-9-2-1-3-10-18/h1-17,25-27H,(H,33,35)/t25?,26-,27-,31?/m1/s1. The van der Waals surface area contributed by atoms with Gasteiger partial charge in [0.2, 0.25) is 11.8 Å². The Bertz CT molecular complexity index is 1570. The first-order chi connectivity index (χ1) is 18.0. The first kappa shape index (κ1) is 22.2. The molecule has 1 fully saturated rings. The highest BCUT2D eigenvalue weighted by Gasteiger charge is 2.67. The molecule has 1 saturated heterocycles. The van der Waals surface area contributed by atoms with E-state index in [2.05, 4.69) is 45.5 Å². The third-order valence-corrected chi connectivity index (χ3v) is 9.26. The second-order valence-electron chi connectivity index (χ2n) is 9.75. The van der Waals surface area contributed by atoms with Gasteiger partial charge in [0.15, 0.2) is 0 Å². The van der Waals surface area contributed by atoms with Crippen LogP contribution in [0.4, 0.5) is 11.4 Å². The summed E-state index contributed by atoms with van der Waals surface area (Å²) < 4.78 is -0.791. The van der Waals surface area contributed by atoms with Crippen molar-refractivity contribution in [2.45, 2.75) is 10.2 Å². The van der Waals surface area contributed by atoms with Gasteiger partial charge in [-0.25, -0.2) is 4.90 Å². The molecule has 0 aromatic heterocycles. The quantitative estimate of drug-likeness (QED) is 0.258. The van der Waals surface area contributed by atoms with Crippen molar-refractivity contribution in [1.29, 1.82) is 0 Å². The van der Waals surface area contributed by atoms with Crippen LogP contribution in [0.25, 0.3) is 0 Å². The topological polar surface area (TPSA) is 66.5 Å². The second-order valence-corrected chi connectivity index (χ2v) is 11.0. The summed E-state index contributed by atoms with van der Waals surface area (Å²) in [6, 6.07) is 32.1. The van der Waals surface area contributed by atoms with Crippen molar-refractivity contribution in [2.75, 3.05) is 10.2 Å². The molecule has 0 unspecified atom stereocenters. The Balaban J connectivity index is 1.30. The molecule has 0 spiro atoms. The van der Waals surface area contributed by atoms with Crippen molar-refractivity contribution < 1.29 is 14.4 Å². The van der Waals surface area contributed by atoms with Crippen LogP contribution in [0, 0.1) is 11.8 Å². The molecular formula is C31H21BrN2O3. The van der Waals surface area contributed by atoms with Crippen LogP contribution >= 0.6 is 15.9 Å². The van der Waals surface area contributed by atoms with Gasteiger partial charge < -0.3 is 5.32 Å². The van der Waals surface area contributed by atoms with Gasteiger partial charge in [0.25, 0.3) is 5.91 Å². The maximum Gasteiger partial charge on any atom is 0.255 e. The molecule has 1 aliphatic heterocycles. The molecule has 8 rings (SSSR count). The molecule has 2 bridgehead atoms. The van der Waals surface area contributed by atoms with Gasteiger partial charge in [0, 0.05) is 17.2 Å². The zero-order valence-corrected chi connectivity index (χ0v) is 21.2. The number of rotatable bonds is 3. The number of benzene rings is 4. The first-order valence-corrected chi connectivity index (χ1v) is 13.0. The average molecular weight is 549 g/mol. The van der Waals surface area contributed by atoms with E-state index in [4.69, 9.17) is 0 Å². The fourth-order valence-corrected chi connectivity index (χ4v) is 7.65. The number of imide groups is 1. The number of nitrogens with zero attached hydrogens (tertiary/aromatic N) is 1. The number of nitrogens with one attached hydrogen (secondary N) is 1. The van der Waals surface area contributed by atoms with Gasteiger partial charge in [-0.1, -0.05) is 88.7 Å². The van der Waals surface area contributed by atoms with E-state index in [0.717, 1.165) is 22.3 Å². The predicted octanol–water partition coefficient (Wildman–Crippen LogP) is 5.84. The van der Waals surface area contributed by atoms with Crippen LogP contribution in [0.2, 0.25) is 0 Å². The zero-order chi connectivity index (χ0) is 25.3. The summed E-state index contributed by atoms with van der Waals surface area (Å²) in [7, 11) is 0. The highest BCUT2D eigenvalue weighted by molar-refractivity contribution is 9.09. The lowest BCUT2D eigenvalue weighted by atomic mass is 9.55. The molecule has 5 nitrogen and oxygen atoms in total. The fraction of sp³-hybridized carbons (Fsp3) is 0.129. The molecule has 3 aliphatic carbocycles. The molecule has 4 aliphatic rings. The highest BCUT2D eigenvalue weighted by atomic mass is 79.9. The molecule has 4 aromatic carbocycles. The Hall–Kier alpha value is -4.03. The van der Waals surface area contributed by atoms with Crippen LogP contribution in [0.3, 0.4) is 0 Å². The van der Waals surface area contributed by atoms with Crippen LogP contribution in [-0.2, 0) is 13.9 Å². The average Bonchev–Trinajstić information content (AvgIpc) is 3.20. The summed E-state index contributed by atoms with van der Waals surface area (Å²) in [5.74, 6) is -1.98. The molecule has 37 heavy (non-hydrogen) atoms. The van der Waals surface area contributed by atoms with Crippen molar-refractivity contribution in [2.24, 2.45) is 11.8 Å². The molecule has 3 amide bonds. The van der Waals surface area contributed by atoms with E-state index in [0.29, 0.717) is 16.9 Å². The maximum absolute atomic E-state index is 14.1. The normalized spacial score (nSPS) is 24.9. The van der Waals surface area contributed by atoms with Crippen molar-refractivity contribution in [3.8, 4) is 0 Å². The van der Waals surface area contributed by atoms with Crippen LogP contribution in [0.5, 0.6) is 0 Å². The van der Waals surface area contributed by atoms with Gasteiger partial charge in [-0.15, -0.1) is 0 Å². The Morgan fingerprint density at radius 3 is 2.05 bits per heavy atom. The number of amides is 3. The van der Waals surface area contributed by atoms with E-state index in [1.165, 1.54) is 4.90 Å². The van der Waals surface area contributed by atoms with E-state index in [9.17, 15) is 14.4 Å². The molecular weight excluding hydrogens is 528 g/mol. The lowest BCUT2D eigenvalue weighted by Gasteiger charge is -2.51. The van der Waals surface area contributed by atoms with Crippen LogP contribution < -0.4 is 10.2 Å². The van der Waals surface area contributed by atoms with Crippen molar-refractivity contribution >= 4 is 45.0 Å². The van der Waals surface area contributed by atoms with E-state index in [-0.39, 0.29) is 23.6 Å². The Morgan fingerprint density at radius 2 is 1.38 bits per heavy atom. The number of carbonyl (C=O) groups excluding carboxylic acids is 3. The van der Waals surface area contributed by atoms with Gasteiger partial charge in [-0.2, -0.15) is 0 Å². The number of anilines is 2. The number of alkyl halides is 1. The molecule has 1 N–H and O–H groups in total. The second kappa shape index (κ2) is 7.98. The zero-order valence-electron chi connectivity index (χ0n) is 19.6. The lowest BCUT2D eigenvalue weighted by molar-refractivity contribution is -0.122. The molecule has 6 heteroatoms. The van der Waals surface area contributed by atoms with Gasteiger partial charge in [0.1, 0.15) is 0 Å². The third-order valence-electron chi connectivity index (χ3n) is 7.91. The van der Waals surface area contributed by atoms with E-state index < -0.39 is 16.2 Å². The molecule has 180 valence electrons. The molecule has 0 radical (unpaired) electrons. The highest BCUT2D eigenvalue weighted by Crippen LogP contribution is 2.66. The minimum atomic E-state index is -0.791. The lowest BCUT2D eigenvalue weighted by Crippen LogP contribution is -2.50. The maximum atomic E-state index is 14.1. The Morgan fingerprint density at radius 1 is 0.757 bits per heavy atom. The smallest absolute Gasteiger partial charge is 0.255 e. The summed E-state index contributed by atoms with van der Waals surface area (Å²) in [6.07, 6.45) is 0. The van der Waals surface area contributed by atoms with Crippen molar-refractivity contribution in [1.82, 2.24) is 0 Å². The summed E-state index contributed by atoms with van der Waals surface area (Å²) in [6.45, 7) is 0. The predicted molar refractivity (Wildman–Crippen MR) is 145 cm³/mol. The van der Waals surface area contributed by atoms with E-state index in [1.54, 1.807) is 48.5 Å². The number of hydrogen-bond acceptors (Lipinski definition) is 3. The monoisotopic (exact) mass is 548 g/mol. The summed E-state index contributed by atoms with van der Waals surface area (Å²) in [4.78, 5) is 42.2. The van der Waals surface area contributed by atoms with Gasteiger partial charge in [-0.3, -0.25) is 14.4 Å². The van der Waals surface area contributed by atoms with Crippen molar-refractivity contribution in [3.05, 3.63) is 131 Å². The largest absolute Gasteiger partial charge is 0.322 e. The molecule has 1 heterocycles. The Kier molecular flexibility index (Phi) is 4.79. The van der Waals surface area contributed by atoms with E-state index in [1.807, 2.05) is 30.3 Å². The number of carbonyl (C=O) groups is 3. The summed E-state index contributed by atoms with van der Waals surface area (Å²) >= 11 is 4.02. The van der Waals surface area contributed by atoms with Crippen LogP contribution in [-0.4, -0.2) is 17.7 Å². The third kappa shape index (κ3) is 2.99. The summed E-state index contributed by atoms with van der Waals surface area (Å²) in [5.41, 5.74) is 5.78. The van der Waals surface area contributed by atoms with Crippen LogP contribution in [0.1, 0.15) is 38.5 Å². The molecule has 2 atom stereocenters.